The van der Waals surface area contributed by atoms with Gasteiger partial charge >= 0.3 is 0 Å². The van der Waals surface area contributed by atoms with E-state index in [0.29, 0.717) is 12.1 Å². The minimum absolute atomic E-state index is 0.707. The Bertz CT molecular complexity index is 254. The molecule has 0 unspecified atom stereocenters. The molecule has 0 N–H and O–H groups in total. The van der Waals surface area contributed by atoms with Crippen molar-refractivity contribution in [3.63, 3.8) is 0 Å². The first kappa shape index (κ1) is 15.5. The first-order valence-electron chi connectivity index (χ1n) is 7.13. The highest BCUT2D eigenvalue weighted by molar-refractivity contribution is 4.95. The third-order valence-electron chi connectivity index (χ3n) is 4.16. The van der Waals surface area contributed by atoms with Crippen LogP contribution in [-0.4, -0.2) is 63.3 Å². The Balaban J connectivity index is 2.70. The molecule has 0 amide bonds. The van der Waals surface area contributed by atoms with E-state index in [1.165, 1.54) is 25.7 Å². The number of nitrogens with zero attached hydrogens (tertiary/aromatic N) is 2. The average Bonchev–Trinajstić information content (AvgIpc) is 2.22. The van der Waals surface area contributed by atoms with Crippen LogP contribution >= 0.6 is 0 Å². The van der Waals surface area contributed by atoms with Gasteiger partial charge in [0.2, 0.25) is 0 Å². The number of hydrogen-bond donors (Lipinski definition) is 0. The first-order valence-corrected chi connectivity index (χ1v) is 7.13. The van der Waals surface area contributed by atoms with Crippen LogP contribution in [0.25, 0.3) is 0 Å². The average molecular weight is 252 g/mol. The van der Waals surface area contributed by atoms with E-state index in [-0.39, 0.29) is 0 Å². The molecule has 1 aliphatic rings. The maximum absolute atomic E-state index is 2.40. The molecule has 0 saturated heterocycles. The van der Waals surface area contributed by atoms with Crippen molar-refractivity contribution in [2.45, 2.75) is 37.8 Å². The molecule has 18 heavy (non-hydrogen) atoms. The summed E-state index contributed by atoms with van der Waals surface area (Å²) in [5.74, 6) is 0. The Kier molecular flexibility index (Phi) is 5.18. The molecule has 2 nitrogen and oxygen atoms in total. The van der Waals surface area contributed by atoms with Gasteiger partial charge in [-0.25, -0.2) is 0 Å². The van der Waals surface area contributed by atoms with Gasteiger partial charge in [-0.15, -0.1) is 0 Å². The zero-order chi connectivity index (χ0) is 13.8. The first-order chi connectivity index (χ1) is 8.21. The minimum Gasteiger partial charge on any atom is -0.328 e. The van der Waals surface area contributed by atoms with Gasteiger partial charge in [0.25, 0.3) is 0 Å². The molecule has 1 rings (SSSR count). The largest absolute Gasteiger partial charge is 0.328 e. The molecule has 0 bridgehead atoms. The molecule has 2 heteroatoms. The Morgan fingerprint density at radius 3 is 0.944 bits per heavy atom. The van der Waals surface area contributed by atoms with Gasteiger partial charge in [0.15, 0.2) is 0 Å². The fraction of sp³-hybridized carbons (Fsp3) is 0.750. The van der Waals surface area contributed by atoms with Crippen molar-refractivity contribution in [2.24, 2.45) is 0 Å². The predicted molar refractivity (Wildman–Crippen MR) is 80.4 cm³/mol. The Morgan fingerprint density at radius 2 is 0.778 bits per heavy atom. The van der Waals surface area contributed by atoms with Crippen LogP contribution in [-0.2, 0) is 0 Å². The summed E-state index contributed by atoms with van der Waals surface area (Å²) in [6.07, 6.45) is 14.4. The SMILES string of the molecule is C[N+](C)(C)C1C/C=C/CC([N+](C)(C)C)C/C=C/C1. The van der Waals surface area contributed by atoms with Crippen LogP contribution in [0, 0.1) is 0 Å². The van der Waals surface area contributed by atoms with E-state index in [1.807, 2.05) is 0 Å². The van der Waals surface area contributed by atoms with Gasteiger partial charge < -0.3 is 8.97 Å². The summed E-state index contributed by atoms with van der Waals surface area (Å²) in [6.45, 7) is 0. The molecule has 1 aliphatic carbocycles. The van der Waals surface area contributed by atoms with Gasteiger partial charge in [0.05, 0.1) is 54.4 Å². The molecule has 0 radical (unpaired) electrons. The maximum atomic E-state index is 2.40. The summed E-state index contributed by atoms with van der Waals surface area (Å²) < 4.78 is 2.10. The molecule has 0 aromatic heterocycles. The third kappa shape index (κ3) is 4.95. The molecule has 0 aromatic rings. The molecular weight excluding hydrogens is 220 g/mol. The summed E-state index contributed by atoms with van der Waals surface area (Å²) in [5, 5.41) is 0. The van der Waals surface area contributed by atoms with Gasteiger partial charge in [-0.2, -0.15) is 0 Å². The lowest BCUT2D eigenvalue weighted by molar-refractivity contribution is -0.896. The lowest BCUT2D eigenvalue weighted by atomic mass is 10.0. The highest BCUT2D eigenvalue weighted by Crippen LogP contribution is 2.19. The van der Waals surface area contributed by atoms with Gasteiger partial charge in [-0.05, 0) is 0 Å². The fourth-order valence-electron chi connectivity index (χ4n) is 2.47. The smallest absolute Gasteiger partial charge is 0.0953 e. The summed E-state index contributed by atoms with van der Waals surface area (Å²) in [5.41, 5.74) is 0. The normalized spacial score (nSPS) is 30.8. The molecule has 0 aromatic carbocycles. The van der Waals surface area contributed by atoms with E-state index in [2.05, 4.69) is 66.6 Å². The van der Waals surface area contributed by atoms with E-state index in [4.69, 9.17) is 0 Å². The number of hydrogen-bond acceptors (Lipinski definition) is 0. The number of rotatable bonds is 2. The highest BCUT2D eigenvalue weighted by atomic mass is 15.3. The summed E-state index contributed by atoms with van der Waals surface area (Å²) >= 11 is 0. The summed E-state index contributed by atoms with van der Waals surface area (Å²) in [4.78, 5) is 0. The van der Waals surface area contributed by atoms with Gasteiger partial charge in [-0.1, -0.05) is 24.3 Å². The molecule has 0 aliphatic heterocycles. The second-order valence-corrected chi connectivity index (χ2v) is 7.43. The highest BCUT2D eigenvalue weighted by Gasteiger charge is 2.24. The van der Waals surface area contributed by atoms with Gasteiger partial charge in [0.1, 0.15) is 0 Å². The van der Waals surface area contributed by atoms with E-state index in [1.54, 1.807) is 0 Å². The molecular formula is C16H32N2+2. The second-order valence-electron chi connectivity index (χ2n) is 7.43. The van der Waals surface area contributed by atoms with Crippen molar-refractivity contribution >= 4 is 0 Å². The summed E-state index contributed by atoms with van der Waals surface area (Å²) in [6, 6.07) is 1.41. The standard InChI is InChI=1S/C16H32N2/c1-17(2,3)15-11-7-9-13-16(18(4,5)6)14-10-8-12-15/h7-10,15-16H,11-14H2,1-6H3/q+2/b9-7+,10-8+. The van der Waals surface area contributed by atoms with Crippen LogP contribution in [0.2, 0.25) is 0 Å². The Morgan fingerprint density at radius 1 is 0.556 bits per heavy atom. The van der Waals surface area contributed by atoms with Crippen molar-refractivity contribution in [1.29, 1.82) is 0 Å². The number of quaternary nitrogens is 2. The van der Waals surface area contributed by atoms with Gasteiger partial charge in [-0.3, -0.25) is 0 Å². The van der Waals surface area contributed by atoms with Crippen LogP contribution in [0.4, 0.5) is 0 Å². The quantitative estimate of drug-likeness (QED) is 0.524. The molecule has 0 atom stereocenters. The predicted octanol–water partition coefficient (Wildman–Crippen LogP) is 2.82. The van der Waals surface area contributed by atoms with E-state index in [9.17, 15) is 0 Å². The van der Waals surface area contributed by atoms with E-state index < -0.39 is 0 Å². The zero-order valence-corrected chi connectivity index (χ0v) is 13.2. The zero-order valence-electron chi connectivity index (χ0n) is 13.2. The summed E-state index contributed by atoms with van der Waals surface area (Å²) in [7, 11) is 13.8. The second kappa shape index (κ2) is 6.03. The van der Waals surface area contributed by atoms with Crippen LogP contribution < -0.4 is 0 Å². The lowest BCUT2D eigenvalue weighted by Crippen LogP contribution is -2.45. The van der Waals surface area contributed by atoms with Crippen molar-refractivity contribution in [1.82, 2.24) is 0 Å². The van der Waals surface area contributed by atoms with Crippen LogP contribution in [0.15, 0.2) is 24.3 Å². The van der Waals surface area contributed by atoms with Crippen molar-refractivity contribution in [3.05, 3.63) is 24.3 Å². The van der Waals surface area contributed by atoms with Crippen molar-refractivity contribution in [2.75, 3.05) is 42.3 Å². The van der Waals surface area contributed by atoms with Crippen LogP contribution in [0.1, 0.15) is 25.7 Å². The molecule has 0 heterocycles. The van der Waals surface area contributed by atoms with E-state index >= 15 is 0 Å². The Hall–Kier alpha value is -0.600. The monoisotopic (exact) mass is 252 g/mol. The topological polar surface area (TPSA) is 0 Å². The minimum atomic E-state index is 0.707. The molecule has 0 saturated carbocycles. The van der Waals surface area contributed by atoms with Crippen molar-refractivity contribution in [3.8, 4) is 0 Å². The van der Waals surface area contributed by atoms with E-state index in [0.717, 1.165) is 8.97 Å². The van der Waals surface area contributed by atoms with Crippen molar-refractivity contribution < 1.29 is 8.97 Å². The molecule has 0 fully saturated rings. The fourth-order valence-corrected chi connectivity index (χ4v) is 2.47. The van der Waals surface area contributed by atoms with Crippen LogP contribution in [0.3, 0.4) is 0 Å². The molecule has 0 spiro atoms. The molecule has 104 valence electrons. The van der Waals surface area contributed by atoms with Gasteiger partial charge in [0, 0.05) is 25.7 Å². The lowest BCUT2D eigenvalue weighted by Gasteiger charge is -2.35. The Labute approximate surface area is 114 Å². The third-order valence-corrected chi connectivity index (χ3v) is 4.16. The van der Waals surface area contributed by atoms with Crippen LogP contribution in [0.5, 0.6) is 0 Å². The maximum Gasteiger partial charge on any atom is 0.0953 e.